The first-order valence-electron chi connectivity index (χ1n) is 6.06. The lowest BCUT2D eigenvalue weighted by Gasteiger charge is -2.17. The van der Waals surface area contributed by atoms with Crippen molar-refractivity contribution in [3.8, 4) is 0 Å². The van der Waals surface area contributed by atoms with E-state index in [1.165, 1.54) is 0 Å². The Kier molecular flexibility index (Phi) is 1.87. The average molecular weight is 250 g/mol. The minimum Gasteiger partial charge on any atom is -0.479 e. The van der Waals surface area contributed by atoms with Crippen LogP contribution < -0.4 is 0 Å². The molecule has 0 aliphatic carbocycles. The third-order valence-corrected chi connectivity index (χ3v) is 3.61. The summed E-state index contributed by atoms with van der Waals surface area (Å²) in [5, 5.41) is 11.5. The molecule has 4 nitrogen and oxygen atoms in total. The van der Waals surface area contributed by atoms with Crippen LogP contribution in [0.2, 0.25) is 0 Å². The summed E-state index contributed by atoms with van der Waals surface area (Å²) in [7, 11) is 0. The molecule has 3 heterocycles. The van der Waals surface area contributed by atoms with Gasteiger partial charge in [0.05, 0.1) is 16.7 Å². The van der Waals surface area contributed by atoms with Gasteiger partial charge in [-0.05, 0) is 24.3 Å². The number of fused-ring (bicyclic) bond motifs is 3. The van der Waals surface area contributed by atoms with Crippen molar-refractivity contribution in [2.45, 2.75) is 6.04 Å². The summed E-state index contributed by atoms with van der Waals surface area (Å²) in [5.41, 5.74) is 2.66. The molecule has 19 heavy (non-hydrogen) atoms. The van der Waals surface area contributed by atoms with Crippen LogP contribution in [0, 0.1) is 0 Å². The summed E-state index contributed by atoms with van der Waals surface area (Å²) in [4.78, 5) is 15.8. The van der Waals surface area contributed by atoms with E-state index >= 15 is 0 Å². The number of aliphatic carboxylic acids is 1. The normalized spacial score (nSPS) is 17.2. The highest BCUT2D eigenvalue weighted by Gasteiger charge is 2.26. The lowest BCUT2D eigenvalue weighted by molar-refractivity contribution is -0.139. The maximum absolute atomic E-state index is 11.5. The van der Waals surface area contributed by atoms with E-state index < -0.39 is 12.0 Å². The van der Waals surface area contributed by atoms with E-state index in [9.17, 15) is 9.90 Å². The second-order valence-corrected chi connectivity index (χ2v) is 4.62. The summed E-state index contributed by atoms with van der Waals surface area (Å²) in [6, 6.07) is 9.13. The number of hydrogen-bond donors (Lipinski definition) is 1. The van der Waals surface area contributed by atoms with Crippen LogP contribution in [-0.4, -0.2) is 20.6 Å². The smallest absolute Gasteiger partial charge is 0.330 e. The maximum Gasteiger partial charge on any atom is 0.330 e. The van der Waals surface area contributed by atoms with Gasteiger partial charge in [0.2, 0.25) is 0 Å². The third kappa shape index (κ3) is 1.23. The van der Waals surface area contributed by atoms with E-state index in [1.807, 2.05) is 34.9 Å². The quantitative estimate of drug-likeness (QED) is 0.722. The molecule has 1 aromatic carbocycles. The van der Waals surface area contributed by atoms with Gasteiger partial charge in [0.15, 0.2) is 6.04 Å². The summed E-state index contributed by atoms with van der Waals surface area (Å²) < 4.78 is 1.86. The van der Waals surface area contributed by atoms with Gasteiger partial charge in [-0.3, -0.25) is 4.98 Å². The van der Waals surface area contributed by atoms with Crippen molar-refractivity contribution >= 4 is 33.9 Å². The van der Waals surface area contributed by atoms with Gasteiger partial charge in [0.1, 0.15) is 0 Å². The number of carboxylic acid groups (broad SMARTS) is 1. The molecule has 0 bridgehead atoms. The molecule has 1 N–H and O–H groups in total. The number of para-hydroxylation sites is 1. The lowest BCUT2D eigenvalue weighted by Crippen LogP contribution is -2.19. The lowest BCUT2D eigenvalue weighted by atomic mass is 10.1. The topological polar surface area (TPSA) is 55.1 Å². The monoisotopic (exact) mass is 250 g/mol. The van der Waals surface area contributed by atoms with Crippen LogP contribution in [-0.2, 0) is 4.79 Å². The molecule has 1 aliphatic heterocycles. The van der Waals surface area contributed by atoms with Gasteiger partial charge in [0, 0.05) is 17.0 Å². The summed E-state index contributed by atoms with van der Waals surface area (Å²) in [6.45, 7) is 0. The average Bonchev–Trinajstić information content (AvgIpc) is 2.77. The van der Waals surface area contributed by atoms with Gasteiger partial charge in [-0.2, -0.15) is 0 Å². The molecule has 1 unspecified atom stereocenters. The number of hydrogen-bond acceptors (Lipinski definition) is 2. The number of pyridine rings is 1. The fourth-order valence-electron chi connectivity index (χ4n) is 2.84. The molecule has 1 aliphatic rings. The molecule has 0 spiro atoms. The van der Waals surface area contributed by atoms with Crippen LogP contribution in [0.4, 0.5) is 0 Å². The van der Waals surface area contributed by atoms with E-state index in [0.717, 1.165) is 27.5 Å². The standard InChI is InChI=1S/C15H10N2O2/c18-15(19)13-6-5-11-14-10(7-8-16-11)9-3-1-2-4-12(9)17(13)14/h1-8,13H,(H,18,19). The van der Waals surface area contributed by atoms with Gasteiger partial charge >= 0.3 is 5.97 Å². The Balaban J connectivity index is 2.27. The number of carboxylic acids is 1. The van der Waals surface area contributed by atoms with E-state index in [0.29, 0.717) is 0 Å². The Labute approximate surface area is 108 Å². The molecule has 92 valence electrons. The van der Waals surface area contributed by atoms with Gasteiger partial charge < -0.3 is 9.67 Å². The molecule has 2 aromatic heterocycles. The molecule has 0 fully saturated rings. The minimum atomic E-state index is -0.853. The molecule has 0 amide bonds. The van der Waals surface area contributed by atoms with Gasteiger partial charge in [0.25, 0.3) is 0 Å². The van der Waals surface area contributed by atoms with E-state index in [2.05, 4.69) is 4.98 Å². The summed E-state index contributed by atoms with van der Waals surface area (Å²) >= 11 is 0. The largest absolute Gasteiger partial charge is 0.479 e. The van der Waals surface area contributed by atoms with Crippen molar-refractivity contribution in [2.24, 2.45) is 0 Å². The Morgan fingerprint density at radius 2 is 2.05 bits per heavy atom. The SMILES string of the molecule is O=C(O)C1C=Cc2nccc3c4ccccc4n1c23. The van der Waals surface area contributed by atoms with E-state index in [4.69, 9.17) is 0 Å². The zero-order chi connectivity index (χ0) is 13.0. The first-order chi connectivity index (χ1) is 9.27. The maximum atomic E-state index is 11.5. The number of aromatic nitrogens is 2. The second kappa shape index (κ2) is 3.45. The Morgan fingerprint density at radius 3 is 2.89 bits per heavy atom. The zero-order valence-corrected chi connectivity index (χ0v) is 9.95. The van der Waals surface area contributed by atoms with Crippen LogP contribution in [0.5, 0.6) is 0 Å². The summed E-state index contributed by atoms with van der Waals surface area (Å²) in [5.74, 6) is -0.853. The molecule has 4 rings (SSSR count). The Morgan fingerprint density at radius 1 is 1.21 bits per heavy atom. The molecule has 1 atom stereocenters. The van der Waals surface area contributed by atoms with Gasteiger partial charge in [-0.15, -0.1) is 0 Å². The molecule has 4 heteroatoms. The number of rotatable bonds is 1. The second-order valence-electron chi connectivity index (χ2n) is 4.62. The van der Waals surface area contributed by atoms with Crippen molar-refractivity contribution in [1.29, 1.82) is 0 Å². The van der Waals surface area contributed by atoms with Gasteiger partial charge in [-0.1, -0.05) is 18.2 Å². The van der Waals surface area contributed by atoms with Crippen molar-refractivity contribution < 1.29 is 9.90 Å². The predicted molar refractivity (Wildman–Crippen MR) is 72.9 cm³/mol. The minimum absolute atomic E-state index is 0.668. The first-order valence-corrected chi connectivity index (χ1v) is 6.06. The van der Waals surface area contributed by atoms with Gasteiger partial charge in [-0.25, -0.2) is 4.79 Å². The highest BCUT2D eigenvalue weighted by atomic mass is 16.4. The number of carbonyl (C=O) groups is 1. The number of benzene rings is 1. The summed E-state index contributed by atoms with van der Waals surface area (Å²) in [6.07, 6.45) is 5.24. The predicted octanol–water partition coefficient (Wildman–Crippen LogP) is 2.84. The van der Waals surface area contributed by atoms with Crippen molar-refractivity contribution in [3.05, 3.63) is 48.3 Å². The van der Waals surface area contributed by atoms with E-state index in [1.54, 1.807) is 18.3 Å². The van der Waals surface area contributed by atoms with Crippen LogP contribution in [0.3, 0.4) is 0 Å². The zero-order valence-electron chi connectivity index (χ0n) is 9.95. The number of nitrogens with zero attached hydrogens (tertiary/aromatic N) is 2. The molecule has 0 saturated carbocycles. The van der Waals surface area contributed by atoms with Crippen molar-refractivity contribution in [2.75, 3.05) is 0 Å². The third-order valence-electron chi connectivity index (χ3n) is 3.61. The van der Waals surface area contributed by atoms with Crippen LogP contribution in [0.15, 0.2) is 42.6 Å². The Hall–Kier alpha value is -2.62. The van der Waals surface area contributed by atoms with E-state index in [-0.39, 0.29) is 0 Å². The van der Waals surface area contributed by atoms with Crippen LogP contribution in [0.25, 0.3) is 27.9 Å². The van der Waals surface area contributed by atoms with Crippen LogP contribution in [0.1, 0.15) is 11.7 Å². The van der Waals surface area contributed by atoms with Crippen LogP contribution >= 0.6 is 0 Å². The molecular formula is C15H10N2O2. The highest BCUT2D eigenvalue weighted by Crippen LogP contribution is 2.36. The van der Waals surface area contributed by atoms with Crippen molar-refractivity contribution in [1.82, 2.24) is 9.55 Å². The molecule has 0 radical (unpaired) electrons. The fraction of sp³-hybridized carbons (Fsp3) is 0.0667. The molecule has 3 aromatic rings. The fourth-order valence-corrected chi connectivity index (χ4v) is 2.84. The van der Waals surface area contributed by atoms with Crippen molar-refractivity contribution in [3.63, 3.8) is 0 Å². The molecule has 0 saturated heterocycles. The first kappa shape index (κ1) is 10.3. The Bertz CT molecular complexity index is 861. The molecular weight excluding hydrogens is 240 g/mol. The highest BCUT2D eigenvalue weighted by molar-refractivity contribution is 6.11.